The zero-order chi connectivity index (χ0) is 23.3. The Hall–Kier alpha value is -2.96. The van der Waals surface area contributed by atoms with E-state index in [1.54, 1.807) is 6.08 Å². The van der Waals surface area contributed by atoms with Crippen LogP contribution in [0.1, 0.15) is 65.7 Å². The molecule has 0 amide bonds. The normalized spacial score (nSPS) is 20.6. The zero-order valence-electron chi connectivity index (χ0n) is 18.5. The third kappa shape index (κ3) is 9.59. The Morgan fingerprint density at radius 2 is 1.90 bits per heavy atom. The van der Waals surface area contributed by atoms with E-state index in [0.717, 1.165) is 25.7 Å². The van der Waals surface area contributed by atoms with Crippen molar-refractivity contribution in [3.63, 3.8) is 0 Å². The summed E-state index contributed by atoms with van der Waals surface area (Å²) in [7, 11) is 0. The molecule has 0 saturated heterocycles. The van der Waals surface area contributed by atoms with Gasteiger partial charge in [0.05, 0.1) is 0 Å². The molecule has 7 nitrogen and oxygen atoms in total. The minimum atomic E-state index is -1.19. The lowest BCUT2D eigenvalue weighted by molar-refractivity contribution is -0.149. The van der Waals surface area contributed by atoms with Gasteiger partial charge in [0.2, 0.25) is 0 Å². The Morgan fingerprint density at radius 1 is 1.16 bits per heavy atom. The number of rotatable bonds is 13. The number of allylic oxidation sites excluding steroid dienone is 4. The molecule has 0 spiro atoms. The predicted molar refractivity (Wildman–Crippen MR) is 116 cm³/mol. The molecule has 1 N–H and O–H groups in total. The summed E-state index contributed by atoms with van der Waals surface area (Å²) in [5.74, 6) is -2.32. The van der Waals surface area contributed by atoms with Gasteiger partial charge in [-0.1, -0.05) is 44.1 Å². The van der Waals surface area contributed by atoms with Gasteiger partial charge < -0.3 is 14.6 Å². The van der Waals surface area contributed by atoms with Crippen molar-refractivity contribution in [3.05, 3.63) is 48.1 Å². The molecule has 7 heteroatoms. The topological polar surface area (TPSA) is 107 Å². The highest BCUT2D eigenvalue weighted by Crippen LogP contribution is 2.34. The maximum atomic E-state index is 12.4. The number of hydrogen-bond donors (Lipinski definition) is 1. The van der Waals surface area contributed by atoms with Crippen LogP contribution in [0.2, 0.25) is 0 Å². The Labute approximate surface area is 183 Å². The van der Waals surface area contributed by atoms with Crippen molar-refractivity contribution < 1.29 is 33.8 Å². The van der Waals surface area contributed by atoms with Gasteiger partial charge in [0.1, 0.15) is 6.10 Å². The molecule has 0 aromatic carbocycles. The van der Waals surface area contributed by atoms with Crippen LogP contribution >= 0.6 is 0 Å². The molecule has 31 heavy (non-hydrogen) atoms. The van der Waals surface area contributed by atoms with Crippen molar-refractivity contribution in [1.82, 2.24) is 0 Å². The summed E-state index contributed by atoms with van der Waals surface area (Å²) in [6, 6.07) is 0. The van der Waals surface area contributed by atoms with Crippen LogP contribution in [0.25, 0.3) is 0 Å². The molecule has 0 radical (unpaired) electrons. The van der Waals surface area contributed by atoms with Crippen molar-refractivity contribution >= 4 is 23.7 Å². The second-order valence-corrected chi connectivity index (χ2v) is 7.40. The van der Waals surface area contributed by atoms with Crippen LogP contribution in [0.15, 0.2) is 48.1 Å². The first-order valence-electron chi connectivity index (χ1n) is 10.6. The molecule has 0 bridgehead atoms. The van der Waals surface area contributed by atoms with Gasteiger partial charge >= 0.3 is 17.9 Å². The highest BCUT2D eigenvalue weighted by atomic mass is 16.6. The zero-order valence-corrected chi connectivity index (χ0v) is 18.5. The molecule has 0 aliphatic heterocycles. The first-order valence-corrected chi connectivity index (χ1v) is 10.6. The summed E-state index contributed by atoms with van der Waals surface area (Å²) in [6.07, 6.45) is 15.2. The van der Waals surface area contributed by atoms with Gasteiger partial charge in [-0.05, 0) is 37.5 Å². The van der Waals surface area contributed by atoms with Crippen molar-refractivity contribution in [3.8, 4) is 0 Å². The minimum absolute atomic E-state index is 0.108. The molecule has 170 valence electrons. The second kappa shape index (κ2) is 13.4. The average Bonchev–Trinajstić information content (AvgIpc) is 2.97. The second-order valence-electron chi connectivity index (χ2n) is 7.40. The maximum absolute atomic E-state index is 12.4. The van der Waals surface area contributed by atoms with Gasteiger partial charge in [-0.3, -0.25) is 19.2 Å². The Balaban J connectivity index is 3.03. The number of hydrogen-bond acceptors (Lipinski definition) is 6. The lowest BCUT2D eigenvalue weighted by atomic mass is 9.91. The van der Waals surface area contributed by atoms with E-state index in [9.17, 15) is 19.2 Å². The number of carboxylic acids is 1. The molecule has 0 heterocycles. The third-order valence-electron chi connectivity index (χ3n) is 4.66. The number of carbonyl (C=O) groups is 4. The lowest BCUT2D eigenvalue weighted by Crippen LogP contribution is -2.33. The predicted octanol–water partition coefficient (Wildman–Crippen LogP) is 4.23. The molecule has 1 rings (SSSR count). The third-order valence-corrected chi connectivity index (χ3v) is 4.66. The molecule has 0 aromatic rings. The Bertz CT molecular complexity index is 773. The fourth-order valence-corrected chi connectivity index (χ4v) is 3.22. The number of aliphatic carboxylic acids is 1. The summed E-state index contributed by atoms with van der Waals surface area (Å²) in [5.41, 5.74) is -0.899. The molecule has 2 atom stereocenters. The van der Waals surface area contributed by atoms with Crippen LogP contribution in [-0.2, 0) is 28.7 Å². The van der Waals surface area contributed by atoms with Gasteiger partial charge in [0, 0.05) is 32.3 Å². The van der Waals surface area contributed by atoms with E-state index < -0.39 is 29.6 Å². The highest BCUT2D eigenvalue weighted by Gasteiger charge is 2.41. The van der Waals surface area contributed by atoms with Crippen molar-refractivity contribution in [2.24, 2.45) is 0 Å². The molecule has 0 saturated carbocycles. The van der Waals surface area contributed by atoms with Crippen molar-refractivity contribution in [2.45, 2.75) is 77.4 Å². The van der Waals surface area contributed by atoms with Crippen LogP contribution < -0.4 is 0 Å². The molecule has 1 aliphatic rings. The van der Waals surface area contributed by atoms with Crippen molar-refractivity contribution in [1.29, 1.82) is 0 Å². The SMILES string of the molecule is CCCCC/C=C\C[C@]1(OC(C)=O)C=CC(=O)/C1=C\C=C/[C@H](CCC(=O)O)OC(C)=O. The summed E-state index contributed by atoms with van der Waals surface area (Å²) >= 11 is 0. The van der Waals surface area contributed by atoms with E-state index in [4.69, 9.17) is 14.6 Å². The van der Waals surface area contributed by atoms with Crippen LogP contribution in [0, 0.1) is 0 Å². The molecule has 1 aliphatic carbocycles. The highest BCUT2D eigenvalue weighted by molar-refractivity contribution is 6.09. The largest absolute Gasteiger partial charge is 0.481 e. The van der Waals surface area contributed by atoms with Crippen LogP contribution in [0.4, 0.5) is 0 Å². The lowest BCUT2D eigenvalue weighted by Gasteiger charge is -2.27. The number of ether oxygens (including phenoxy) is 2. The van der Waals surface area contributed by atoms with Gasteiger partial charge in [0.25, 0.3) is 0 Å². The standard InChI is InChI=1S/C24H32O7/c1-4-5-6-7-8-9-16-24(31-19(3)26)17-15-22(27)21(24)12-10-11-20(30-18(2)25)13-14-23(28)29/h8-12,15,17,20H,4-7,13-14,16H2,1-3H3,(H,28,29)/b9-8-,11-10-,21-12+/t20-,24+/m1/s1. The quantitative estimate of drug-likeness (QED) is 0.201. The minimum Gasteiger partial charge on any atom is -0.481 e. The van der Waals surface area contributed by atoms with Crippen LogP contribution in [-0.4, -0.2) is 40.5 Å². The van der Waals surface area contributed by atoms with E-state index >= 15 is 0 Å². The summed E-state index contributed by atoms with van der Waals surface area (Å²) in [4.78, 5) is 46.2. The first kappa shape index (κ1) is 26.1. The summed E-state index contributed by atoms with van der Waals surface area (Å²) in [6.45, 7) is 4.66. The molecule has 0 aromatic heterocycles. The summed E-state index contributed by atoms with van der Waals surface area (Å²) in [5, 5.41) is 8.85. The van der Waals surface area contributed by atoms with Crippen LogP contribution in [0.3, 0.4) is 0 Å². The number of unbranched alkanes of at least 4 members (excludes halogenated alkanes) is 3. The number of carboxylic acid groups (broad SMARTS) is 1. The van der Waals surface area contributed by atoms with Gasteiger partial charge in [-0.2, -0.15) is 0 Å². The first-order chi connectivity index (χ1) is 14.7. The number of esters is 2. The average molecular weight is 433 g/mol. The monoisotopic (exact) mass is 432 g/mol. The number of ketones is 1. The maximum Gasteiger partial charge on any atom is 0.303 e. The molecule has 0 unspecified atom stereocenters. The Kier molecular flexibility index (Phi) is 11.2. The smallest absolute Gasteiger partial charge is 0.303 e. The number of carbonyl (C=O) groups excluding carboxylic acids is 3. The fraction of sp³-hybridized carbons (Fsp3) is 0.500. The Morgan fingerprint density at radius 3 is 2.52 bits per heavy atom. The van der Waals surface area contributed by atoms with Crippen molar-refractivity contribution in [2.75, 3.05) is 0 Å². The van der Waals surface area contributed by atoms with Gasteiger partial charge in [-0.15, -0.1) is 0 Å². The fourth-order valence-electron chi connectivity index (χ4n) is 3.22. The summed E-state index contributed by atoms with van der Waals surface area (Å²) < 4.78 is 10.7. The van der Waals surface area contributed by atoms with E-state index in [0.29, 0.717) is 6.42 Å². The van der Waals surface area contributed by atoms with Gasteiger partial charge in [-0.25, -0.2) is 0 Å². The van der Waals surface area contributed by atoms with Crippen LogP contribution in [0.5, 0.6) is 0 Å². The van der Waals surface area contributed by atoms with E-state index in [2.05, 4.69) is 6.92 Å². The van der Waals surface area contributed by atoms with E-state index in [1.165, 1.54) is 38.2 Å². The van der Waals surface area contributed by atoms with E-state index in [-0.39, 0.29) is 24.2 Å². The van der Waals surface area contributed by atoms with E-state index in [1.807, 2.05) is 12.2 Å². The molecular formula is C24H32O7. The molecule has 0 fully saturated rings. The van der Waals surface area contributed by atoms with Gasteiger partial charge in [0.15, 0.2) is 11.4 Å². The molecular weight excluding hydrogens is 400 g/mol.